The summed E-state index contributed by atoms with van der Waals surface area (Å²) in [7, 11) is 1.36. The number of fused-ring (bicyclic) bond motifs is 1. The molecule has 1 aromatic carbocycles. The van der Waals surface area contributed by atoms with Gasteiger partial charge in [0, 0.05) is 4.88 Å². The molecular formula is C20H22N2O3S2. The predicted octanol–water partition coefficient (Wildman–Crippen LogP) is 4.28. The first-order valence-electron chi connectivity index (χ1n) is 8.73. The summed E-state index contributed by atoms with van der Waals surface area (Å²) < 4.78 is 6.45. The van der Waals surface area contributed by atoms with Crippen LogP contribution in [-0.4, -0.2) is 27.9 Å². The minimum absolute atomic E-state index is 0.0913. The number of hydrogen-bond donors (Lipinski definition) is 0. The molecule has 0 spiro atoms. The van der Waals surface area contributed by atoms with E-state index >= 15 is 0 Å². The average Bonchev–Trinajstić information content (AvgIpc) is 2.96. The molecule has 2 aromatic heterocycles. The normalized spacial score (nSPS) is 12.3. The zero-order valence-electron chi connectivity index (χ0n) is 16.0. The van der Waals surface area contributed by atoms with Gasteiger partial charge in [0.15, 0.2) is 5.16 Å². The Hall–Kier alpha value is -2.12. The first kappa shape index (κ1) is 19.6. The van der Waals surface area contributed by atoms with Gasteiger partial charge in [0.05, 0.1) is 18.2 Å². The fraction of sp³-hybridized carbons (Fsp3) is 0.350. The zero-order chi connectivity index (χ0) is 19.7. The van der Waals surface area contributed by atoms with Gasteiger partial charge in [-0.15, -0.1) is 11.3 Å². The Morgan fingerprint density at radius 3 is 2.74 bits per heavy atom. The molecule has 1 atom stereocenters. The van der Waals surface area contributed by atoms with Crippen LogP contribution in [0.2, 0.25) is 0 Å². The lowest BCUT2D eigenvalue weighted by Crippen LogP contribution is -2.24. The molecule has 0 aliphatic rings. The molecule has 1 unspecified atom stereocenters. The maximum Gasteiger partial charge on any atom is 0.318 e. The molecular weight excluding hydrogens is 380 g/mol. The van der Waals surface area contributed by atoms with E-state index in [0.717, 1.165) is 32.9 Å². The molecule has 7 heteroatoms. The first-order valence-corrected chi connectivity index (χ1v) is 10.4. The Morgan fingerprint density at radius 2 is 2.11 bits per heavy atom. The van der Waals surface area contributed by atoms with E-state index in [-0.39, 0.29) is 11.5 Å². The van der Waals surface area contributed by atoms with Crippen LogP contribution in [0.4, 0.5) is 0 Å². The topological polar surface area (TPSA) is 61.2 Å². The van der Waals surface area contributed by atoms with Crippen molar-refractivity contribution in [3.63, 3.8) is 0 Å². The van der Waals surface area contributed by atoms with Gasteiger partial charge >= 0.3 is 5.97 Å². The summed E-state index contributed by atoms with van der Waals surface area (Å²) in [4.78, 5) is 32.0. The van der Waals surface area contributed by atoms with E-state index in [4.69, 9.17) is 9.72 Å². The third-order valence-corrected chi connectivity index (χ3v) is 6.50. The lowest BCUT2D eigenvalue weighted by atomic mass is 10.1. The van der Waals surface area contributed by atoms with Crippen molar-refractivity contribution in [2.45, 2.75) is 44.5 Å². The Morgan fingerprint density at radius 1 is 1.37 bits per heavy atom. The molecule has 3 rings (SSSR count). The van der Waals surface area contributed by atoms with Gasteiger partial charge in [-0.25, -0.2) is 4.98 Å². The van der Waals surface area contributed by atoms with E-state index in [9.17, 15) is 9.59 Å². The second kappa shape index (κ2) is 7.86. The third kappa shape index (κ3) is 3.66. The number of thioether (sulfide) groups is 1. The largest absolute Gasteiger partial charge is 0.468 e. The number of nitrogens with zero attached hydrogens (tertiary/aromatic N) is 2. The van der Waals surface area contributed by atoms with Gasteiger partial charge in [-0.05, 0) is 50.5 Å². The van der Waals surface area contributed by atoms with Crippen LogP contribution in [0.25, 0.3) is 15.9 Å². The number of carbonyl (C=O) groups is 1. The van der Waals surface area contributed by atoms with Gasteiger partial charge < -0.3 is 4.74 Å². The number of methoxy groups -OCH3 is 1. The van der Waals surface area contributed by atoms with Crippen molar-refractivity contribution in [2.75, 3.05) is 7.11 Å². The SMILES string of the molecule is CCc1c(C)sc2nc(SC(C)C(=O)OC)n(-c3cccc(C)c3)c(=O)c12. The van der Waals surface area contributed by atoms with E-state index < -0.39 is 5.25 Å². The molecule has 0 aliphatic heterocycles. The maximum atomic E-state index is 13.5. The zero-order valence-corrected chi connectivity index (χ0v) is 17.7. The summed E-state index contributed by atoms with van der Waals surface area (Å²) in [6, 6.07) is 7.74. The van der Waals surface area contributed by atoms with Crippen LogP contribution in [0, 0.1) is 13.8 Å². The highest BCUT2D eigenvalue weighted by Crippen LogP contribution is 2.32. The highest BCUT2D eigenvalue weighted by Gasteiger charge is 2.23. The summed E-state index contributed by atoms with van der Waals surface area (Å²) >= 11 is 2.77. The fourth-order valence-electron chi connectivity index (χ4n) is 3.07. The van der Waals surface area contributed by atoms with Crippen molar-refractivity contribution in [1.82, 2.24) is 9.55 Å². The smallest absolute Gasteiger partial charge is 0.318 e. The molecule has 0 amide bonds. The Kier molecular flexibility index (Phi) is 5.72. The van der Waals surface area contributed by atoms with Crippen LogP contribution >= 0.6 is 23.1 Å². The number of ether oxygens (including phenoxy) is 1. The van der Waals surface area contributed by atoms with Gasteiger partial charge in [0.25, 0.3) is 5.56 Å². The number of thiophene rings is 1. The first-order chi connectivity index (χ1) is 12.9. The standard InChI is InChI=1S/C20H22N2O3S2/c1-6-15-12(3)26-17-16(15)18(23)22(14-9-7-8-11(2)10-14)20(21-17)27-13(4)19(24)25-5/h7-10,13H,6H2,1-5H3. The summed E-state index contributed by atoms with van der Waals surface area (Å²) in [6.07, 6.45) is 0.779. The summed E-state index contributed by atoms with van der Waals surface area (Å²) in [5.41, 5.74) is 2.76. The van der Waals surface area contributed by atoms with Crippen molar-refractivity contribution in [2.24, 2.45) is 0 Å². The van der Waals surface area contributed by atoms with Crippen molar-refractivity contribution >= 4 is 39.3 Å². The molecule has 3 aromatic rings. The quantitative estimate of drug-likeness (QED) is 0.362. The predicted molar refractivity (Wildman–Crippen MR) is 111 cm³/mol. The van der Waals surface area contributed by atoms with Crippen molar-refractivity contribution in [1.29, 1.82) is 0 Å². The molecule has 142 valence electrons. The van der Waals surface area contributed by atoms with Gasteiger partial charge in [-0.1, -0.05) is 30.8 Å². The van der Waals surface area contributed by atoms with Gasteiger partial charge in [0.1, 0.15) is 10.1 Å². The Labute approximate surface area is 166 Å². The molecule has 27 heavy (non-hydrogen) atoms. The summed E-state index contributed by atoms with van der Waals surface area (Å²) in [5.74, 6) is -0.346. The molecule has 0 saturated heterocycles. The number of esters is 1. The van der Waals surface area contributed by atoms with Crippen LogP contribution < -0.4 is 5.56 Å². The third-order valence-electron chi connectivity index (χ3n) is 4.42. The minimum Gasteiger partial charge on any atom is -0.468 e. The van der Waals surface area contributed by atoms with Gasteiger partial charge in [0.2, 0.25) is 0 Å². The Balaban J connectivity index is 2.31. The van der Waals surface area contributed by atoms with E-state index in [2.05, 4.69) is 0 Å². The van der Waals surface area contributed by atoms with Crippen molar-refractivity contribution < 1.29 is 9.53 Å². The number of hydrogen-bond acceptors (Lipinski definition) is 6. The van der Waals surface area contributed by atoms with Crippen molar-refractivity contribution in [3.05, 3.63) is 50.6 Å². The lowest BCUT2D eigenvalue weighted by Gasteiger charge is -2.15. The second-order valence-corrected chi connectivity index (χ2v) is 8.84. The van der Waals surface area contributed by atoms with Crippen LogP contribution in [0.3, 0.4) is 0 Å². The molecule has 2 heterocycles. The minimum atomic E-state index is -0.470. The number of rotatable bonds is 5. The van der Waals surface area contributed by atoms with Crippen LogP contribution in [0.5, 0.6) is 0 Å². The number of aryl methyl sites for hydroxylation is 3. The monoisotopic (exact) mass is 402 g/mol. The molecule has 0 N–H and O–H groups in total. The van der Waals surface area contributed by atoms with E-state index in [1.807, 2.05) is 45.0 Å². The molecule has 0 saturated carbocycles. The molecule has 0 fully saturated rings. The molecule has 0 radical (unpaired) electrons. The number of carbonyl (C=O) groups excluding carboxylic acids is 1. The summed E-state index contributed by atoms with van der Waals surface area (Å²) in [5, 5.41) is 0.707. The molecule has 0 aliphatic carbocycles. The summed E-state index contributed by atoms with van der Waals surface area (Å²) in [6.45, 7) is 7.81. The molecule has 5 nitrogen and oxygen atoms in total. The Bertz CT molecular complexity index is 1070. The van der Waals surface area contributed by atoms with Crippen LogP contribution in [-0.2, 0) is 16.0 Å². The highest BCUT2D eigenvalue weighted by molar-refractivity contribution is 8.00. The fourth-order valence-corrected chi connectivity index (χ4v) is 5.18. The molecule has 0 bridgehead atoms. The second-order valence-electron chi connectivity index (χ2n) is 6.33. The van der Waals surface area contributed by atoms with Gasteiger partial charge in [-0.2, -0.15) is 0 Å². The van der Waals surface area contributed by atoms with Gasteiger partial charge in [-0.3, -0.25) is 14.2 Å². The van der Waals surface area contributed by atoms with E-state index in [1.165, 1.54) is 30.2 Å². The van der Waals surface area contributed by atoms with Crippen molar-refractivity contribution in [3.8, 4) is 5.69 Å². The average molecular weight is 403 g/mol. The van der Waals surface area contributed by atoms with E-state index in [0.29, 0.717) is 10.5 Å². The number of benzene rings is 1. The highest BCUT2D eigenvalue weighted by atomic mass is 32.2. The van der Waals surface area contributed by atoms with Crippen LogP contribution in [0.15, 0.2) is 34.2 Å². The van der Waals surface area contributed by atoms with Crippen LogP contribution in [0.1, 0.15) is 29.9 Å². The van der Waals surface area contributed by atoms with E-state index in [1.54, 1.807) is 11.5 Å². The lowest BCUT2D eigenvalue weighted by molar-refractivity contribution is -0.139. The number of aromatic nitrogens is 2. The maximum absolute atomic E-state index is 13.5.